The van der Waals surface area contributed by atoms with E-state index >= 15 is 0 Å². The number of ketones is 1. The predicted octanol–water partition coefficient (Wildman–Crippen LogP) is 1.27. The van der Waals surface area contributed by atoms with Gasteiger partial charge >= 0.3 is 5.97 Å². The summed E-state index contributed by atoms with van der Waals surface area (Å²) in [6, 6.07) is 6.18. The zero-order chi connectivity index (χ0) is 19.1. The monoisotopic (exact) mass is 375 g/mol. The molecule has 0 aliphatic carbocycles. The van der Waals surface area contributed by atoms with Crippen LogP contribution in [0.25, 0.3) is 0 Å². The Hall–Kier alpha value is -1.96. The number of Topliss-reactive ketones (excluding diaryl/α,β-unsaturated/α-hetero) is 1. The molecule has 1 aromatic rings. The van der Waals surface area contributed by atoms with Crippen molar-refractivity contribution in [3.05, 3.63) is 29.3 Å². The average Bonchev–Trinajstić information content (AvgIpc) is 2.69. The summed E-state index contributed by atoms with van der Waals surface area (Å²) in [6.45, 7) is 4.53. The summed E-state index contributed by atoms with van der Waals surface area (Å²) < 4.78 is 5.70. The lowest BCUT2D eigenvalue weighted by atomic mass is 9.99. The van der Waals surface area contributed by atoms with Gasteiger partial charge < -0.3 is 20.5 Å². The first-order valence-electron chi connectivity index (χ1n) is 9.74. The normalized spacial score (nSPS) is 18.1. The first-order valence-corrected chi connectivity index (χ1v) is 9.74. The van der Waals surface area contributed by atoms with Gasteiger partial charge in [-0.1, -0.05) is 6.07 Å². The zero-order valence-corrected chi connectivity index (χ0v) is 15.7. The molecule has 0 saturated carbocycles. The van der Waals surface area contributed by atoms with Gasteiger partial charge in [0.2, 0.25) is 0 Å². The highest BCUT2D eigenvalue weighted by molar-refractivity contribution is 5.84. The first-order chi connectivity index (χ1) is 13.1. The van der Waals surface area contributed by atoms with Crippen LogP contribution in [0, 0.1) is 0 Å². The second-order valence-corrected chi connectivity index (χ2v) is 7.31. The van der Waals surface area contributed by atoms with E-state index in [1.54, 1.807) is 0 Å². The first kappa shape index (κ1) is 19.8. The lowest BCUT2D eigenvalue weighted by Crippen LogP contribution is -2.34. The topological polar surface area (TPSA) is 90.9 Å². The molecule has 1 aromatic carbocycles. The average molecular weight is 375 g/mol. The summed E-state index contributed by atoms with van der Waals surface area (Å²) in [5.41, 5.74) is 3.42. The molecule has 3 N–H and O–H groups in total. The Morgan fingerprint density at radius 3 is 2.85 bits per heavy atom. The van der Waals surface area contributed by atoms with Crippen molar-refractivity contribution in [1.29, 1.82) is 0 Å². The number of carboxylic acids is 1. The van der Waals surface area contributed by atoms with E-state index in [4.69, 9.17) is 9.84 Å². The van der Waals surface area contributed by atoms with Crippen molar-refractivity contribution in [2.75, 3.05) is 44.6 Å². The summed E-state index contributed by atoms with van der Waals surface area (Å²) in [4.78, 5) is 25.0. The Morgan fingerprint density at radius 2 is 2.07 bits per heavy atom. The molecule has 1 fully saturated rings. The Bertz CT molecular complexity index is 659. The van der Waals surface area contributed by atoms with E-state index in [1.165, 1.54) is 11.1 Å². The number of piperidine rings is 1. The van der Waals surface area contributed by atoms with Crippen molar-refractivity contribution < 1.29 is 19.4 Å². The quantitative estimate of drug-likeness (QED) is 0.599. The van der Waals surface area contributed by atoms with Crippen molar-refractivity contribution in [2.45, 2.75) is 38.3 Å². The number of hydrogen-bond donors (Lipinski definition) is 3. The number of hydrogen-bond acceptors (Lipinski definition) is 6. The molecular formula is C20H29N3O4. The molecule has 7 heteroatoms. The molecule has 2 aliphatic rings. The van der Waals surface area contributed by atoms with Crippen LogP contribution in [0.5, 0.6) is 0 Å². The second kappa shape index (κ2) is 9.82. The Labute approximate surface area is 160 Å². The van der Waals surface area contributed by atoms with Crippen molar-refractivity contribution in [3.63, 3.8) is 0 Å². The molecule has 2 aliphatic heterocycles. The number of carboxylic acid groups (broad SMARTS) is 1. The lowest BCUT2D eigenvalue weighted by Gasteiger charge is -2.28. The van der Waals surface area contributed by atoms with E-state index in [0.717, 1.165) is 51.1 Å². The van der Waals surface area contributed by atoms with Gasteiger partial charge in [0.25, 0.3) is 0 Å². The minimum atomic E-state index is -0.763. The predicted molar refractivity (Wildman–Crippen MR) is 103 cm³/mol. The number of carbonyl (C=O) groups is 2. The number of fused-ring (bicyclic) bond motifs is 1. The van der Waals surface area contributed by atoms with Crippen LogP contribution in [0.3, 0.4) is 0 Å². The van der Waals surface area contributed by atoms with Crippen LogP contribution in [0.15, 0.2) is 18.2 Å². The summed E-state index contributed by atoms with van der Waals surface area (Å²) in [5.74, 6) is -0.712. The number of nitrogens with one attached hydrogen (secondary N) is 2. The largest absolute Gasteiger partial charge is 0.481 e. The number of benzene rings is 1. The van der Waals surface area contributed by atoms with Crippen LogP contribution in [-0.2, 0) is 27.3 Å². The maximum absolute atomic E-state index is 12.1. The Balaban J connectivity index is 1.44. The van der Waals surface area contributed by atoms with Gasteiger partial charge in [0.1, 0.15) is 6.61 Å². The molecule has 0 unspecified atom stereocenters. The fraction of sp³-hybridized carbons (Fsp3) is 0.600. The number of nitrogens with zero attached hydrogens (tertiary/aromatic N) is 1. The maximum atomic E-state index is 12.1. The van der Waals surface area contributed by atoms with Gasteiger partial charge in [-0.15, -0.1) is 0 Å². The van der Waals surface area contributed by atoms with Crippen LogP contribution < -0.4 is 10.6 Å². The molecule has 0 aromatic heterocycles. The molecule has 7 nitrogen and oxygen atoms in total. The number of aliphatic carboxylic acids is 1. The van der Waals surface area contributed by atoms with Crippen LogP contribution in [0.2, 0.25) is 0 Å². The number of anilines is 1. The van der Waals surface area contributed by atoms with E-state index in [2.05, 4.69) is 27.7 Å². The van der Waals surface area contributed by atoms with Gasteiger partial charge in [-0.2, -0.15) is 0 Å². The van der Waals surface area contributed by atoms with E-state index < -0.39 is 5.97 Å². The third kappa shape index (κ3) is 6.30. The van der Waals surface area contributed by atoms with Crippen molar-refractivity contribution in [1.82, 2.24) is 10.2 Å². The number of rotatable bonds is 9. The van der Waals surface area contributed by atoms with E-state index in [0.29, 0.717) is 6.54 Å². The minimum Gasteiger partial charge on any atom is -0.481 e. The highest BCUT2D eigenvalue weighted by atomic mass is 16.5. The third-order valence-electron chi connectivity index (χ3n) is 5.20. The molecule has 2 heterocycles. The molecule has 0 bridgehead atoms. The van der Waals surface area contributed by atoms with Crippen LogP contribution in [-0.4, -0.2) is 67.2 Å². The van der Waals surface area contributed by atoms with Gasteiger partial charge in [0, 0.05) is 25.3 Å². The van der Waals surface area contributed by atoms with Crippen LogP contribution in [0.1, 0.15) is 30.4 Å². The summed E-state index contributed by atoms with van der Waals surface area (Å²) in [6.07, 6.45) is 3.21. The molecule has 1 saturated heterocycles. The lowest BCUT2D eigenvalue weighted by molar-refractivity contribution is -0.137. The molecule has 27 heavy (non-hydrogen) atoms. The highest BCUT2D eigenvalue weighted by Crippen LogP contribution is 2.22. The highest BCUT2D eigenvalue weighted by Gasteiger charge is 2.18. The van der Waals surface area contributed by atoms with Gasteiger partial charge in [-0.25, -0.2) is 0 Å². The summed E-state index contributed by atoms with van der Waals surface area (Å²) >= 11 is 0. The van der Waals surface area contributed by atoms with Crippen LogP contribution >= 0.6 is 0 Å². The van der Waals surface area contributed by atoms with Crippen molar-refractivity contribution >= 4 is 17.4 Å². The van der Waals surface area contributed by atoms with E-state index in [1.807, 2.05) is 6.07 Å². The Kier molecular flexibility index (Phi) is 7.20. The molecule has 148 valence electrons. The molecule has 0 radical (unpaired) electrons. The molecule has 0 spiro atoms. The SMILES string of the molecule is O=C(O)CCN1CCc2ccc(NCC(=O)COC3CCNCC3)cc2C1. The minimum absolute atomic E-state index is 0.0503. The Morgan fingerprint density at radius 1 is 1.26 bits per heavy atom. The van der Waals surface area contributed by atoms with Crippen molar-refractivity contribution in [2.24, 2.45) is 0 Å². The fourth-order valence-corrected chi connectivity index (χ4v) is 3.59. The van der Waals surface area contributed by atoms with Crippen LogP contribution in [0.4, 0.5) is 5.69 Å². The molecular weight excluding hydrogens is 346 g/mol. The zero-order valence-electron chi connectivity index (χ0n) is 15.7. The van der Waals surface area contributed by atoms with E-state index in [-0.39, 0.29) is 31.5 Å². The number of ether oxygens (including phenoxy) is 1. The molecule has 3 rings (SSSR count). The van der Waals surface area contributed by atoms with Crippen molar-refractivity contribution in [3.8, 4) is 0 Å². The molecule has 0 atom stereocenters. The maximum Gasteiger partial charge on any atom is 0.304 e. The number of carbonyl (C=O) groups excluding carboxylic acids is 1. The van der Waals surface area contributed by atoms with Gasteiger partial charge in [-0.05, 0) is 55.6 Å². The van der Waals surface area contributed by atoms with Gasteiger partial charge in [0.15, 0.2) is 5.78 Å². The summed E-state index contributed by atoms with van der Waals surface area (Å²) in [7, 11) is 0. The second-order valence-electron chi connectivity index (χ2n) is 7.31. The van der Waals surface area contributed by atoms with E-state index in [9.17, 15) is 9.59 Å². The fourth-order valence-electron chi connectivity index (χ4n) is 3.59. The molecule has 0 amide bonds. The smallest absolute Gasteiger partial charge is 0.304 e. The summed E-state index contributed by atoms with van der Waals surface area (Å²) in [5, 5.41) is 15.3. The third-order valence-corrected chi connectivity index (χ3v) is 5.20. The standard InChI is InChI=1S/C20H29N3O4/c24-18(14-27-19-3-7-21-8-4-19)12-22-17-2-1-15-5-9-23(10-6-20(25)26)13-16(15)11-17/h1-2,11,19,21-22H,3-10,12-14H2,(H,25,26). The van der Waals surface area contributed by atoms with Gasteiger partial charge in [0.05, 0.1) is 19.1 Å². The van der Waals surface area contributed by atoms with Gasteiger partial charge in [-0.3, -0.25) is 14.5 Å².